The summed E-state index contributed by atoms with van der Waals surface area (Å²) in [7, 11) is 0. The van der Waals surface area contributed by atoms with Crippen molar-refractivity contribution in [1.82, 2.24) is 4.57 Å². The Kier molecular flexibility index (Phi) is 6.65. The van der Waals surface area contributed by atoms with E-state index in [1.165, 1.54) is 15.9 Å². The molecule has 0 spiro atoms. The molecule has 0 bridgehead atoms. The van der Waals surface area contributed by atoms with E-state index in [1.807, 2.05) is 68.4 Å². The van der Waals surface area contributed by atoms with Crippen LogP contribution in [0.3, 0.4) is 0 Å². The highest BCUT2D eigenvalue weighted by atomic mass is 35.5. The maximum atomic E-state index is 13.8. The van der Waals surface area contributed by atoms with Gasteiger partial charge in [0, 0.05) is 22.3 Å². The summed E-state index contributed by atoms with van der Waals surface area (Å²) in [5, 5.41) is 3.60. The Morgan fingerprint density at radius 3 is 2.60 bits per heavy atom. The summed E-state index contributed by atoms with van der Waals surface area (Å²) in [4.78, 5) is 32.7. The quantitative estimate of drug-likeness (QED) is 0.281. The van der Waals surface area contributed by atoms with Gasteiger partial charge in [-0.25, -0.2) is 4.99 Å². The average molecular weight is 570 g/mol. The van der Waals surface area contributed by atoms with Crippen LogP contribution in [0.1, 0.15) is 35.8 Å². The fraction of sp³-hybridized carbons (Fsp3) is 0.129. The van der Waals surface area contributed by atoms with E-state index in [1.54, 1.807) is 31.2 Å². The molecular formula is C31H24ClN3O4S. The zero-order valence-corrected chi connectivity index (χ0v) is 23.5. The highest BCUT2D eigenvalue weighted by Gasteiger charge is 2.34. The molecule has 0 radical (unpaired) electrons. The van der Waals surface area contributed by atoms with Crippen LogP contribution in [0.25, 0.3) is 17.4 Å². The average Bonchev–Trinajstić information content (AvgIpc) is 3.64. The van der Waals surface area contributed by atoms with Gasteiger partial charge in [0.15, 0.2) is 4.80 Å². The van der Waals surface area contributed by atoms with Gasteiger partial charge in [0.25, 0.3) is 11.5 Å². The number of rotatable bonds is 5. The van der Waals surface area contributed by atoms with Crippen molar-refractivity contribution in [3.8, 4) is 11.3 Å². The first-order valence-corrected chi connectivity index (χ1v) is 13.8. The van der Waals surface area contributed by atoms with E-state index in [0.29, 0.717) is 54.4 Å². The molecule has 200 valence electrons. The molecule has 40 heavy (non-hydrogen) atoms. The fourth-order valence-corrected chi connectivity index (χ4v) is 5.96. The van der Waals surface area contributed by atoms with Crippen LogP contribution in [-0.2, 0) is 4.79 Å². The minimum atomic E-state index is -0.783. The second-order valence-corrected chi connectivity index (χ2v) is 11.0. The van der Waals surface area contributed by atoms with Crippen LogP contribution in [0.2, 0.25) is 5.02 Å². The van der Waals surface area contributed by atoms with E-state index in [4.69, 9.17) is 20.4 Å². The van der Waals surface area contributed by atoms with Gasteiger partial charge >= 0.3 is 0 Å². The van der Waals surface area contributed by atoms with Crippen molar-refractivity contribution in [2.24, 2.45) is 4.99 Å². The van der Waals surface area contributed by atoms with Gasteiger partial charge in [-0.2, -0.15) is 0 Å². The number of amides is 1. The van der Waals surface area contributed by atoms with Gasteiger partial charge in [-0.15, -0.1) is 0 Å². The van der Waals surface area contributed by atoms with Gasteiger partial charge < -0.3 is 14.2 Å². The smallest absolute Gasteiger partial charge is 0.271 e. The second-order valence-electron chi connectivity index (χ2n) is 9.51. The van der Waals surface area contributed by atoms with E-state index in [0.717, 1.165) is 11.1 Å². The molecule has 1 unspecified atom stereocenters. The van der Waals surface area contributed by atoms with Crippen molar-refractivity contribution in [1.29, 1.82) is 0 Å². The number of fused-ring (bicyclic) bond motifs is 1. The predicted octanol–water partition coefficient (Wildman–Crippen LogP) is 6.00. The van der Waals surface area contributed by atoms with Gasteiger partial charge in [-0.05, 0) is 68.8 Å². The molecule has 2 aromatic carbocycles. The number of halogens is 1. The number of nitrogens with one attached hydrogen (secondary N) is 1. The van der Waals surface area contributed by atoms with E-state index in [-0.39, 0.29) is 11.5 Å². The Bertz CT molecular complexity index is 1990. The van der Waals surface area contributed by atoms with E-state index >= 15 is 0 Å². The molecule has 5 aromatic rings. The number of allylic oxidation sites excluding steroid dienone is 1. The normalized spacial score (nSPS) is 15.2. The number of carbonyl (C=O) groups is 1. The van der Waals surface area contributed by atoms with Crippen LogP contribution < -0.4 is 20.2 Å². The maximum Gasteiger partial charge on any atom is 0.271 e. The molecule has 0 fully saturated rings. The number of anilines is 1. The monoisotopic (exact) mass is 569 g/mol. The Labute approximate surface area is 238 Å². The van der Waals surface area contributed by atoms with Crippen molar-refractivity contribution in [2.45, 2.75) is 26.8 Å². The number of hydrogen-bond donors (Lipinski definition) is 1. The fourth-order valence-electron chi connectivity index (χ4n) is 4.74. The number of thiazole rings is 1. The first-order chi connectivity index (χ1) is 19.3. The lowest BCUT2D eigenvalue weighted by atomic mass is 10.00. The number of furan rings is 2. The molecular weight excluding hydrogens is 546 g/mol. The van der Waals surface area contributed by atoms with E-state index in [2.05, 4.69) is 10.3 Å². The van der Waals surface area contributed by atoms with Gasteiger partial charge in [0.1, 0.15) is 29.1 Å². The molecule has 0 saturated heterocycles. The number of benzene rings is 2. The number of para-hydroxylation sites is 1. The van der Waals surface area contributed by atoms with Crippen LogP contribution >= 0.6 is 22.9 Å². The molecule has 4 heterocycles. The molecule has 0 saturated carbocycles. The van der Waals surface area contributed by atoms with Gasteiger partial charge in [0.05, 0.1) is 15.8 Å². The minimum Gasteiger partial charge on any atom is -0.464 e. The molecule has 0 aliphatic carbocycles. The van der Waals surface area contributed by atoms with Gasteiger partial charge in [-0.1, -0.05) is 53.3 Å². The summed E-state index contributed by atoms with van der Waals surface area (Å²) in [6.07, 6.45) is 1.69. The van der Waals surface area contributed by atoms with Crippen molar-refractivity contribution < 1.29 is 13.6 Å². The van der Waals surface area contributed by atoms with E-state index in [9.17, 15) is 9.59 Å². The zero-order valence-electron chi connectivity index (χ0n) is 21.9. The van der Waals surface area contributed by atoms with Crippen LogP contribution in [-0.4, -0.2) is 10.5 Å². The second kappa shape index (κ2) is 10.3. The molecule has 1 N–H and O–H groups in total. The summed E-state index contributed by atoms with van der Waals surface area (Å²) in [5.74, 6) is 1.96. The lowest BCUT2D eigenvalue weighted by Crippen LogP contribution is -2.40. The van der Waals surface area contributed by atoms with Crippen LogP contribution in [0.15, 0.2) is 103 Å². The Morgan fingerprint density at radius 1 is 1.02 bits per heavy atom. The topological polar surface area (TPSA) is 89.7 Å². The number of aryl methyl sites for hydroxylation is 2. The number of hydrogen-bond acceptors (Lipinski definition) is 6. The summed E-state index contributed by atoms with van der Waals surface area (Å²) < 4.78 is 13.9. The van der Waals surface area contributed by atoms with Crippen molar-refractivity contribution in [3.05, 3.63) is 132 Å². The summed E-state index contributed by atoms with van der Waals surface area (Å²) in [5.41, 5.74) is 3.01. The van der Waals surface area contributed by atoms with Crippen molar-refractivity contribution in [2.75, 3.05) is 5.32 Å². The molecule has 3 aromatic heterocycles. The number of nitrogens with zero attached hydrogens (tertiary/aromatic N) is 2. The number of carbonyl (C=O) groups excluding carboxylic acids is 1. The Balaban J connectivity index is 1.44. The first-order valence-electron chi connectivity index (χ1n) is 12.6. The predicted molar refractivity (Wildman–Crippen MR) is 156 cm³/mol. The SMILES string of the molecule is CC1=C(C(=O)Nc2ccccc2C)C(c2ccc(C)o2)n2c(s/c(=C/c3ccc(-c4cccc(Cl)c4)o3)c2=O)=N1. The molecule has 1 atom stereocenters. The first kappa shape index (κ1) is 25.9. The third-order valence-corrected chi connectivity index (χ3v) is 7.92. The van der Waals surface area contributed by atoms with Gasteiger partial charge in [-0.3, -0.25) is 14.2 Å². The van der Waals surface area contributed by atoms with Crippen LogP contribution in [0.4, 0.5) is 5.69 Å². The Hall–Kier alpha value is -4.40. The highest BCUT2D eigenvalue weighted by Crippen LogP contribution is 2.32. The third-order valence-electron chi connectivity index (χ3n) is 6.70. The third kappa shape index (κ3) is 4.76. The summed E-state index contributed by atoms with van der Waals surface area (Å²) in [6, 6.07) is 21.4. The van der Waals surface area contributed by atoms with Crippen LogP contribution in [0.5, 0.6) is 0 Å². The van der Waals surface area contributed by atoms with Crippen molar-refractivity contribution >= 4 is 40.6 Å². The molecule has 1 aliphatic rings. The maximum absolute atomic E-state index is 13.8. The summed E-state index contributed by atoms with van der Waals surface area (Å²) >= 11 is 7.37. The van der Waals surface area contributed by atoms with Crippen LogP contribution in [0, 0.1) is 13.8 Å². The summed E-state index contributed by atoms with van der Waals surface area (Å²) in [6.45, 7) is 5.52. The standard InChI is InChI=1S/C31H24ClN3O4S/c1-17-7-4-5-10-23(17)34-29(36)27-19(3)33-31-35(28(27)25-13-11-18(2)38-25)30(37)26(40-31)16-22-12-14-24(39-22)20-8-6-9-21(32)15-20/h4-16,28H,1-3H3,(H,34,36)/b26-16+. The highest BCUT2D eigenvalue weighted by molar-refractivity contribution is 7.07. The lowest BCUT2D eigenvalue weighted by Gasteiger charge is -2.23. The zero-order chi connectivity index (χ0) is 28.0. The molecule has 1 aliphatic heterocycles. The van der Waals surface area contributed by atoms with Crippen molar-refractivity contribution in [3.63, 3.8) is 0 Å². The Morgan fingerprint density at radius 2 is 1.85 bits per heavy atom. The molecule has 7 nitrogen and oxygen atoms in total. The van der Waals surface area contributed by atoms with E-state index < -0.39 is 6.04 Å². The molecule has 6 rings (SSSR count). The minimum absolute atomic E-state index is 0.294. The van der Waals surface area contributed by atoms with Gasteiger partial charge in [0.2, 0.25) is 0 Å². The molecule has 1 amide bonds. The largest absolute Gasteiger partial charge is 0.464 e. The lowest BCUT2D eigenvalue weighted by molar-refractivity contribution is -0.113. The molecule has 9 heteroatoms. The number of aromatic nitrogens is 1.